The molecule has 2 amide bonds. The van der Waals surface area contributed by atoms with E-state index in [-0.39, 0.29) is 34.2 Å². The predicted molar refractivity (Wildman–Crippen MR) is 166 cm³/mol. The first-order valence-corrected chi connectivity index (χ1v) is 16.3. The fourth-order valence-electron chi connectivity index (χ4n) is 6.02. The second-order valence-corrected chi connectivity index (χ2v) is 13.0. The number of allylic oxidation sites excluding steroid dienone is 4. The number of nitrogens with two attached hydrogens (primary N) is 1. The van der Waals surface area contributed by atoms with Crippen LogP contribution in [0.3, 0.4) is 0 Å². The molecule has 3 N–H and O–H groups in total. The lowest BCUT2D eigenvalue weighted by molar-refractivity contribution is -0.137. The van der Waals surface area contributed by atoms with E-state index in [0.29, 0.717) is 44.3 Å². The van der Waals surface area contributed by atoms with E-state index >= 15 is 0 Å². The highest BCUT2D eigenvalue weighted by molar-refractivity contribution is 7.89. The zero-order valence-corrected chi connectivity index (χ0v) is 25.2. The molecule has 0 spiro atoms. The van der Waals surface area contributed by atoms with E-state index in [0.717, 1.165) is 23.3 Å². The molecule has 45 heavy (non-hydrogen) atoms. The zero-order valence-electron chi connectivity index (χ0n) is 24.4. The van der Waals surface area contributed by atoms with Crippen LogP contribution in [0.1, 0.15) is 53.1 Å². The summed E-state index contributed by atoms with van der Waals surface area (Å²) in [5.41, 5.74) is 1.60. The summed E-state index contributed by atoms with van der Waals surface area (Å²) in [5.74, 6) is -1.19. The fraction of sp³-hybridized carbons (Fsp3) is 0.294. The molecule has 3 aromatic carbocycles. The number of nitrogens with zero attached hydrogens (tertiary/aromatic N) is 1. The third-order valence-corrected chi connectivity index (χ3v) is 9.37. The van der Waals surface area contributed by atoms with E-state index in [4.69, 9.17) is 5.14 Å². The van der Waals surface area contributed by atoms with Crippen molar-refractivity contribution in [2.24, 2.45) is 17.0 Å². The van der Waals surface area contributed by atoms with Crippen molar-refractivity contribution in [1.29, 1.82) is 0 Å². The minimum absolute atomic E-state index is 0.0187. The van der Waals surface area contributed by atoms with Crippen molar-refractivity contribution in [1.82, 2.24) is 4.90 Å². The molecule has 1 heterocycles. The van der Waals surface area contributed by atoms with Gasteiger partial charge >= 0.3 is 6.18 Å². The molecule has 0 aromatic heterocycles. The van der Waals surface area contributed by atoms with E-state index in [1.807, 2.05) is 24.3 Å². The van der Waals surface area contributed by atoms with Crippen LogP contribution in [0.5, 0.6) is 0 Å². The van der Waals surface area contributed by atoms with E-state index < -0.39 is 27.7 Å². The van der Waals surface area contributed by atoms with Gasteiger partial charge in [-0.15, -0.1) is 0 Å². The molecule has 0 bridgehead atoms. The van der Waals surface area contributed by atoms with Gasteiger partial charge in [0, 0.05) is 36.2 Å². The second-order valence-electron chi connectivity index (χ2n) is 11.5. The summed E-state index contributed by atoms with van der Waals surface area (Å²) < 4.78 is 63.4. The first kappa shape index (κ1) is 32.2. The third-order valence-electron chi connectivity index (χ3n) is 8.44. The molecule has 5 rings (SSSR count). The highest BCUT2D eigenvalue weighted by Gasteiger charge is 2.35. The summed E-state index contributed by atoms with van der Waals surface area (Å²) in [4.78, 5) is 28.6. The quantitative estimate of drug-likeness (QED) is 0.293. The number of carbonyl (C=O) groups excluding carboxylic acids is 2. The van der Waals surface area contributed by atoms with Gasteiger partial charge in [0.2, 0.25) is 15.9 Å². The number of alkyl halides is 3. The number of halogens is 3. The Bertz CT molecular complexity index is 1700. The molecule has 1 saturated heterocycles. The van der Waals surface area contributed by atoms with E-state index in [1.165, 1.54) is 24.3 Å². The van der Waals surface area contributed by atoms with Crippen molar-refractivity contribution in [2.45, 2.75) is 42.7 Å². The number of hydrogen-bond acceptors (Lipinski definition) is 4. The van der Waals surface area contributed by atoms with Gasteiger partial charge in [-0.1, -0.05) is 60.2 Å². The van der Waals surface area contributed by atoms with E-state index in [2.05, 4.69) is 5.32 Å². The Hall–Kier alpha value is -4.22. The van der Waals surface area contributed by atoms with Crippen molar-refractivity contribution in [3.8, 4) is 0 Å². The van der Waals surface area contributed by atoms with Crippen LogP contribution >= 0.6 is 0 Å². The lowest BCUT2D eigenvalue weighted by Crippen LogP contribution is -2.42. The number of carbonyl (C=O) groups is 2. The molecule has 2 unspecified atom stereocenters. The normalized spacial score (nSPS) is 18.3. The van der Waals surface area contributed by atoms with Crippen molar-refractivity contribution >= 4 is 27.5 Å². The van der Waals surface area contributed by atoms with Gasteiger partial charge in [-0.3, -0.25) is 9.59 Å². The summed E-state index contributed by atoms with van der Waals surface area (Å²) in [6, 6.07) is 19.9. The molecule has 1 fully saturated rings. The smallest absolute Gasteiger partial charge is 0.339 e. The predicted octanol–water partition coefficient (Wildman–Crippen LogP) is 6.52. The van der Waals surface area contributed by atoms with Crippen LogP contribution in [0.25, 0.3) is 0 Å². The van der Waals surface area contributed by atoms with Crippen LogP contribution in [-0.4, -0.2) is 38.2 Å². The second kappa shape index (κ2) is 13.4. The number of benzene rings is 3. The van der Waals surface area contributed by atoms with Crippen LogP contribution in [0.2, 0.25) is 0 Å². The molecular weight excluding hydrogens is 603 g/mol. The van der Waals surface area contributed by atoms with Crippen LogP contribution < -0.4 is 10.5 Å². The Labute approximate surface area is 260 Å². The lowest BCUT2D eigenvalue weighted by Gasteiger charge is -2.36. The first-order chi connectivity index (χ1) is 21.4. The minimum atomic E-state index is -4.54. The number of primary sulfonamides is 1. The Kier molecular flexibility index (Phi) is 9.59. The summed E-state index contributed by atoms with van der Waals surface area (Å²) in [6.07, 6.45) is 3.61. The Morgan fingerprint density at radius 2 is 1.64 bits per heavy atom. The number of likely N-dealkylation sites (tertiary alicyclic amines) is 1. The standard InChI is InChI=1S/C34H34F3N3O4S/c35-34(36,37)28-10-5-11-29(22-28)39-32(41)31(25-16-18-40(19-17-25)33(42)26-7-2-1-3-8-26)21-23-6-4-9-27(20-23)24-12-14-30(15-13-24)45(38,43)44/h1-8,10-15,20,22,25,27,31H,9,16-19,21H2,(H,39,41)(H2,38,43,44). The summed E-state index contributed by atoms with van der Waals surface area (Å²) in [5, 5.41) is 7.96. The molecule has 236 valence electrons. The summed E-state index contributed by atoms with van der Waals surface area (Å²) >= 11 is 0. The molecule has 0 saturated carbocycles. The molecule has 2 aliphatic rings. The maximum absolute atomic E-state index is 13.8. The molecule has 1 aliphatic carbocycles. The molecule has 3 aromatic rings. The number of hydrogen-bond donors (Lipinski definition) is 2. The third kappa shape index (κ3) is 8.09. The van der Waals surface area contributed by atoms with Crippen molar-refractivity contribution < 1.29 is 31.2 Å². The number of nitrogens with one attached hydrogen (secondary N) is 1. The van der Waals surface area contributed by atoms with Crippen LogP contribution in [0.15, 0.2) is 108 Å². The molecule has 1 aliphatic heterocycles. The van der Waals surface area contributed by atoms with E-state index in [9.17, 15) is 31.2 Å². The van der Waals surface area contributed by atoms with Crippen LogP contribution in [-0.2, 0) is 21.0 Å². The van der Waals surface area contributed by atoms with Gasteiger partial charge < -0.3 is 10.2 Å². The number of sulfonamides is 1. The maximum atomic E-state index is 13.8. The van der Waals surface area contributed by atoms with Gasteiger partial charge in [0.25, 0.3) is 5.91 Å². The largest absolute Gasteiger partial charge is 0.416 e. The van der Waals surface area contributed by atoms with Crippen molar-refractivity contribution in [3.05, 3.63) is 119 Å². The Balaban J connectivity index is 1.36. The zero-order chi connectivity index (χ0) is 32.2. The Morgan fingerprint density at radius 1 is 0.956 bits per heavy atom. The maximum Gasteiger partial charge on any atom is 0.416 e. The van der Waals surface area contributed by atoms with Crippen molar-refractivity contribution in [3.63, 3.8) is 0 Å². The number of piperidine rings is 1. The highest BCUT2D eigenvalue weighted by Crippen LogP contribution is 2.36. The topological polar surface area (TPSA) is 110 Å². The van der Waals surface area contributed by atoms with Crippen LogP contribution in [0, 0.1) is 11.8 Å². The summed E-state index contributed by atoms with van der Waals surface area (Å²) in [7, 11) is -3.82. The van der Waals surface area contributed by atoms with Gasteiger partial charge in [0.15, 0.2) is 0 Å². The SMILES string of the molecule is NS(=O)(=O)c1ccc(C2C=C(CC(C(=O)Nc3cccc(C(F)(F)F)c3)C3CCN(C(=O)c4ccccc4)CC3)C=CC2)cc1. The summed E-state index contributed by atoms with van der Waals surface area (Å²) in [6.45, 7) is 0.916. The van der Waals surface area contributed by atoms with Gasteiger partial charge in [-0.05, 0) is 79.6 Å². The number of rotatable bonds is 8. The molecule has 0 radical (unpaired) electrons. The Morgan fingerprint density at radius 3 is 2.29 bits per heavy atom. The van der Waals surface area contributed by atoms with Gasteiger partial charge in [0.1, 0.15) is 0 Å². The van der Waals surface area contributed by atoms with Gasteiger partial charge in [0.05, 0.1) is 10.5 Å². The lowest BCUT2D eigenvalue weighted by atomic mass is 9.78. The molecular formula is C34H34F3N3O4S. The van der Waals surface area contributed by atoms with Gasteiger partial charge in [-0.2, -0.15) is 13.2 Å². The number of anilines is 1. The molecule has 7 nitrogen and oxygen atoms in total. The highest BCUT2D eigenvalue weighted by atomic mass is 32.2. The number of amides is 2. The fourth-order valence-corrected chi connectivity index (χ4v) is 6.54. The van der Waals surface area contributed by atoms with Crippen LogP contribution in [0.4, 0.5) is 18.9 Å². The molecule has 11 heteroatoms. The monoisotopic (exact) mass is 637 g/mol. The van der Waals surface area contributed by atoms with E-state index in [1.54, 1.807) is 41.3 Å². The average molecular weight is 638 g/mol. The average Bonchev–Trinajstić information content (AvgIpc) is 3.03. The van der Waals surface area contributed by atoms with Gasteiger partial charge in [-0.25, -0.2) is 13.6 Å². The molecule has 2 atom stereocenters. The first-order valence-electron chi connectivity index (χ1n) is 14.7. The van der Waals surface area contributed by atoms with Crippen molar-refractivity contribution in [2.75, 3.05) is 18.4 Å². The minimum Gasteiger partial charge on any atom is -0.339 e.